The predicted octanol–water partition coefficient (Wildman–Crippen LogP) is 4.60. The van der Waals surface area contributed by atoms with Crippen LogP contribution in [0.5, 0.6) is 0 Å². The SMILES string of the molecule is Cc1cccc(-c2c(-c3ccccc3)ncn2[C@H](C(=O)N(C)C)c2ccccc2)n1. The minimum Gasteiger partial charge on any atom is -0.347 e. The lowest BCUT2D eigenvalue weighted by atomic mass is 10.0. The normalized spacial score (nSPS) is 11.8. The van der Waals surface area contributed by atoms with Crippen molar-refractivity contribution < 1.29 is 4.79 Å². The number of aromatic nitrogens is 3. The first kappa shape index (κ1) is 19.6. The molecular weight excluding hydrogens is 372 g/mol. The van der Waals surface area contributed by atoms with Crippen molar-refractivity contribution >= 4 is 5.91 Å². The second-order valence-corrected chi connectivity index (χ2v) is 7.43. The van der Waals surface area contributed by atoms with E-state index in [1.54, 1.807) is 25.3 Å². The van der Waals surface area contributed by atoms with E-state index < -0.39 is 6.04 Å². The number of nitrogens with zero attached hydrogens (tertiary/aromatic N) is 4. The van der Waals surface area contributed by atoms with Gasteiger partial charge in [-0.1, -0.05) is 66.7 Å². The molecule has 0 N–H and O–H groups in total. The maximum atomic E-state index is 13.3. The van der Waals surface area contributed by atoms with E-state index in [1.807, 2.05) is 90.4 Å². The van der Waals surface area contributed by atoms with E-state index >= 15 is 0 Å². The van der Waals surface area contributed by atoms with Crippen molar-refractivity contribution in [2.45, 2.75) is 13.0 Å². The van der Waals surface area contributed by atoms with Crippen LogP contribution in [0.2, 0.25) is 0 Å². The monoisotopic (exact) mass is 396 g/mol. The third-order valence-electron chi connectivity index (χ3n) is 5.04. The molecule has 150 valence electrons. The molecular formula is C25H24N4O. The first-order valence-corrected chi connectivity index (χ1v) is 9.88. The number of carbonyl (C=O) groups excluding carboxylic acids is 1. The van der Waals surface area contributed by atoms with E-state index in [1.165, 1.54) is 0 Å². The van der Waals surface area contributed by atoms with E-state index in [2.05, 4.69) is 0 Å². The molecule has 30 heavy (non-hydrogen) atoms. The maximum absolute atomic E-state index is 13.3. The first-order chi connectivity index (χ1) is 14.6. The van der Waals surface area contributed by atoms with E-state index in [9.17, 15) is 4.79 Å². The molecule has 5 heteroatoms. The van der Waals surface area contributed by atoms with Gasteiger partial charge in [-0.2, -0.15) is 0 Å². The van der Waals surface area contributed by atoms with Crippen molar-refractivity contribution in [2.24, 2.45) is 0 Å². The van der Waals surface area contributed by atoms with Gasteiger partial charge in [-0.25, -0.2) is 4.98 Å². The molecule has 1 atom stereocenters. The van der Waals surface area contributed by atoms with Gasteiger partial charge in [0, 0.05) is 25.4 Å². The molecule has 5 nitrogen and oxygen atoms in total. The summed E-state index contributed by atoms with van der Waals surface area (Å²) in [6, 6.07) is 25.2. The van der Waals surface area contributed by atoms with Crippen LogP contribution in [0.25, 0.3) is 22.6 Å². The molecule has 4 aromatic rings. The summed E-state index contributed by atoms with van der Waals surface area (Å²) in [6.07, 6.45) is 1.75. The summed E-state index contributed by atoms with van der Waals surface area (Å²) >= 11 is 0. The number of imidazole rings is 1. The molecule has 2 aromatic carbocycles. The van der Waals surface area contributed by atoms with Crippen molar-refractivity contribution in [2.75, 3.05) is 14.1 Å². The number of likely N-dealkylation sites (N-methyl/N-ethyl adjacent to an activating group) is 1. The number of hydrogen-bond donors (Lipinski definition) is 0. The summed E-state index contributed by atoms with van der Waals surface area (Å²) in [7, 11) is 3.55. The van der Waals surface area contributed by atoms with Gasteiger partial charge < -0.3 is 9.47 Å². The molecule has 0 saturated heterocycles. The summed E-state index contributed by atoms with van der Waals surface area (Å²) in [5.74, 6) is -0.0212. The zero-order chi connectivity index (χ0) is 21.1. The fraction of sp³-hybridized carbons (Fsp3) is 0.160. The van der Waals surface area contributed by atoms with Gasteiger partial charge in [-0.05, 0) is 24.6 Å². The molecule has 0 radical (unpaired) electrons. The first-order valence-electron chi connectivity index (χ1n) is 9.88. The molecule has 1 amide bonds. The third-order valence-corrected chi connectivity index (χ3v) is 5.04. The number of hydrogen-bond acceptors (Lipinski definition) is 3. The van der Waals surface area contributed by atoms with Crippen molar-refractivity contribution in [1.82, 2.24) is 19.4 Å². The number of amides is 1. The Morgan fingerprint density at radius 2 is 1.57 bits per heavy atom. The van der Waals surface area contributed by atoms with Gasteiger partial charge in [0.05, 0.1) is 23.4 Å². The van der Waals surface area contributed by atoms with Crippen molar-refractivity contribution in [1.29, 1.82) is 0 Å². The lowest BCUT2D eigenvalue weighted by Crippen LogP contribution is -2.32. The highest BCUT2D eigenvalue weighted by Crippen LogP contribution is 2.34. The van der Waals surface area contributed by atoms with Gasteiger partial charge in [0.25, 0.3) is 0 Å². The van der Waals surface area contributed by atoms with E-state index in [0.29, 0.717) is 0 Å². The van der Waals surface area contributed by atoms with Crippen LogP contribution in [0.15, 0.2) is 85.2 Å². The zero-order valence-corrected chi connectivity index (χ0v) is 17.4. The molecule has 0 aliphatic carbocycles. The Morgan fingerprint density at radius 1 is 0.900 bits per heavy atom. The highest BCUT2D eigenvalue weighted by molar-refractivity contribution is 5.86. The Hall–Kier alpha value is -3.73. The molecule has 0 aliphatic heterocycles. The van der Waals surface area contributed by atoms with Crippen LogP contribution in [0.1, 0.15) is 17.3 Å². The molecule has 0 aliphatic rings. The summed E-state index contributed by atoms with van der Waals surface area (Å²) in [6.45, 7) is 1.96. The average Bonchev–Trinajstić information content (AvgIpc) is 3.20. The number of carbonyl (C=O) groups is 1. The number of aryl methyl sites for hydroxylation is 1. The zero-order valence-electron chi connectivity index (χ0n) is 17.4. The second kappa shape index (κ2) is 8.33. The maximum Gasteiger partial charge on any atom is 0.249 e. The summed E-state index contributed by atoms with van der Waals surface area (Å²) in [5.41, 5.74) is 5.23. The minimum absolute atomic E-state index is 0.0212. The van der Waals surface area contributed by atoms with Crippen molar-refractivity contribution in [3.05, 3.63) is 96.4 Å². The smallest absolute Gasteiger partial charge is 0.249 e. The van der Waals surface area contributed by atoms with Crippen LogP contribution in [0.4, 0.5) is 0 Å². The summed E-state index contributed by atoms with van der Waals surface area (Å²) in [4.78, 5) is 24.4. The van der Waals surface area contributed by atoms with Crippen LogP contribution in [-0.4, -0.2) is 39.4 Å². The van der Waals surface area contributed by atoms with Crippen molar-refractivity contribution in [3.8, 4) is 22.6 Å². The van der Waals surface area contributed by atoms with Gasteiger partial charge in [-0.3, -0.25) is 9.78 Å². The van der Waals surface area contributed by atoms with Crippen molar-refractivity contribution in [3.63, 3.8) is 0 Å². The molecule has 0 fully saturated rings. The Bertz CT molecular complexity index is 1150. The lowest BCUT2D eigenvalue weighted by Gasteiger charge is -2.24. The van der Waals surface area contributed by atoms with Crippen LogP contribution >= 0.6 is 0 Å². The number of rotatable bonds is 5. The largest absolute Gasteiger partial charge is 0.347 e. The van der Waals surface area contributed by atoms with Gasteiger partial charge >= 0.3 is 0 Å². The van der Waals surface area contributed by atoms with Crippen LogP contribution < -0.4 is 0 Å². The third kappa shape index (κ3) is 3.74. The molecule has 0 unspecified atom stereocenters. The molecule has 0 bridgehead atoms. The highest BCUT2D eigenvalue weighted by Gasteiger charge is 2.29. The topological polar surface area (TPSA) is 51.0 Å². The molecule has 2 aromatic heterocycles. The van der Waals surface area contributed by atoms with Crippen LogP contribution in [0.3, 0.4) is 0 Å². The van der Waals surface area contributed by atoms with Gasteiger partial charge in [0.2, 0.25) is 5.91 Å². The molecule has 4 rings (SSSR count). The fourth-order valence-corrected chi connectivity index (χ4v) is 3.59. The second-order valence-electron chi connectivity index (χ2n) is 7.43. The van der Waals surface area contributed by atoms with Gasteiger partial charge in [0.1, 0.15) is 6.04 Å². The van der Waals surface area contributed by atoms with E-state index in [4.69, 9.17) is 9.97 Å². The lowest BCUT2D eigenvalue weighted by molar-refractivity contribution is -0.130. The Kier molecular flexibility index (Phi) is 5.44. The summed E-state index contributed by atoms with van der Waals surface area (Å²) < 4.78 is 1.95. The standard InChI is InChI=1S/C25H24N4O/c1-18-11-10-16-21(27-18)24-22(19-12-6-4-7-13-19)26-17-29(24)23(25(30)28(2)3)20-14-8-5-9-15-20/h4-17,23H,1-3H3/t23-/m0/s1. The van der Waals surface area contributed by atoms with Crippen LogP contribution in [0, 0.1) is 6.92 Å². The summed E-state index contributed by atoms with van der Waals surface area (Å²) in [5, 5.41) is 0. The predicted molar refractivity (Wildman–Crippen MR) is 119 cm³/mol. The highest BCUT2D eigenvalue weighted by atomic mass is 16.2. The van der Waals surface area contributed by atoms with Gasteiger partial charge in [0.15, 0.2) is 0 Å². The quantitative estimate of drug-likeness (QED) is 0.495. The molecule has 0 saturated carbocycles. The Balaban J connectivity index is 1.99. The van der Waals surface area contributed by atoms with Gasteiger partial charge in [-0.15, -0.1) is 0 Å². The van der Waals surface area contributed by atoms with E-state index in [0.717, 1.165) is 33.9 Å². The van der Waals surface area contributed by atoms with Crippen LogP contribution in [-0.2, 0) is 4.79 Å². The fourth-order valence-electron chi connectivity index (χ4n) is 3.59. The number of benzene rings is 2. The Morgan fingerprint density at radius 3 is 2.20 bits per heavy atom. The molecule has 2 heterocycles. The number of pyridine rings is 1. The average molecular weight is 396 g/mol. The molecule has 0 spiro atoms. The Labute approximate surface area is 176 Å². The minimum atomic E-state index is -0.538. The van der Waals surface area contributed by atoms with E-state index in [-0.39, 0.29) is 5.91 Å².